The van der Waals surface area contributed by atoms with Gasteiger partial charge in [-0.15, -0.1) is 0 Å². The number of carbonyl (C=O) groups is 1. The van der Waals surface area contributed by atoms with Crippen LogP contribution in [0.25, 0.3) is 0 Å². The number of rotatable bonds is 3. The fourth-order valence-electron chi connectivity index (χ4n) is 1.45. The van der Waals surface area contributed by atoms with Gasteiger partial charge in [-0.1, -0.05) is 11.6 Å². The van der Waals surface area contributed by atoms with Gasteiger partial charge in [0.1, 0.15) is 6.07 Å². The molecular formula is C12H10ClF3N2O. The number of anilines is 1. The van der Waals surface area contributed by atoms with Crippen molar-refractivity contribution in [3.63, 3.8) is 0 Å². The Morgan fingerprint density at radius 1 is 1.47 bits per heavy atom. The Bertz CT molecular complexity index is 535. The summed E-state index contributed by atoms with van der Waals surface area (Å²) in [5.74, 6) is -0.792. The predicted molar refractivity (Wildman–Crippen MR) is 64.8 cm³/mol. The van der Waals surface area contributed by atoms with E-state index in [1.165, 1.54) is 12.1 Å². The first-order chi connectivity index (χ1) is 8.73. The highest BCUT2D eigenvalue weighted by Crippen LogP contribution is 2.26. The van der Waals surface area contributed by atoms with Crippen molar-refractivity contribution < 1.29 is 18.0 Å². The smallest absolute Gasteiger partial charge is 0.325 e. The monoisotopic (exact) mass is 290 g/mol. The van der Waals surface area contributed by atoms with Crippen LogP contribution < -0.4 is 5.32 Å². The van der Waals surface area contributed by atoms with Crippen molar-refractivity contribution in [1.82, 2.24) is 0 Å². The van der Waals surface area contributed by atoms with Gasteiger partial charge in [0.05, 0.1) is 17.7 Å². The van der Waals surface area contributed by atoms with Crippen LogP contribution in [0.1, 0.15) is 24.0 Å². The number of nitrogens with one attached hydrogen (secondary N) is 1. The highest BCUT2D eigenvalue weighted by molar-refractivity contribution is 6.31. The summed E-state index contributed by atoms with van der Waals surface area (Å²) in [6.45, 7) is 1.60. The highest BCUT2D eigenvalue weighted by Gasteiger charge is 2.28. The molecule has 3 nitrogen and oxygen atoms in total. The van der Waals surface area contributed by atoms with Crippen LogP contribution >= 0.6 is 11.6 Å². The number of halogens is 4. The van der Waals surface area contributed by atoms with Gasteiger partial charge in [-0.05, 0) is 24.6 Å². The Kier molecular flexibility index (Phi) is 4.78. The van der Waals surface area contributed by atoms with E-state index < -0.39 is 24.9 Å². The number of amides is 1. The zero-order valence-corrected chi connectivity index (χ0v) is 10.7. The first-order valence-corrected chi connectivity index (χ1v) is 5.67. The minimum Gasteiger partial charge on any atom is -0.325 e. The van der Waals surface area contributed by atoms with Crippen molar-refractivity contribution >= 4 is 23.2 Å². The van der Waals surface area contributed by atoms with Crippen molar-refractivity contribution in [1.29, 1.82) is 5.26 Å². The van der Waals surface area contributed by atoms with E-state index in [1.54, 1.807) is 6.92 Å². The molecule has 0 aromatic heterocycles. The SMILES string of the molecule is Cc1cc(Cl)cc(C#N)c1NC(=O)CCC(F)(F)F. The minimum absolute atomic E-state index is 0.116. The third kappa shape index (κ3) is 4.79. The number of carbonyl (C=O) groups excluding carboxylic acids is 1. The summed E-state index contributed by atoms with van der Waals surface area (Å²) in [5, 5.41) is 11.5. The third-order valence-electron chi connectivity index (χ3n) is 2.32. The van der Waals surface area contributed by atoms with E-state index in [0.717, 1.165) is 0 Å². The maximum absolute atomic E-state index is 12.0. The topological polar surface area (TPSA) is 52.9 Å². The number of aryl methyl sites for hydroxylation is 1. The van der Waals surface area contributed by atoms with E-state index in [1.807, 2.05) is 6.07 Å². The van der Waals surface area contributed by atoms with Gasteiger partial charge in [0, 0.05) is 11.4 Å². The predicted octanol–water partition coefficient (Wildman–Crippen LogP) is 3.80. The molecule has 0 fully saturated rings. The highest BCUT2D eigenvalue weighted by atomic mass is 35.5. The van der Waals surface area contributed by atoms with Crippen molar-refractivity contribution in [3.8, 4) is 6.07 Å². The standard InChI is InChI=1S/C12H10ClF3N2O/c1-7-4-9(13)5-8(6-17)11(7)18-10(19)2-3-12(14,15)16/h4-5H,2-3H2,1H3,(H,18,19). The zero-order chi connectivity index (χ0) is 14.6. The normalized spacial score (nSPS) is 10.9. The van der Waals surface area contributed by atoms with E-state index in [9.17, 15) is 18.0 Å². The number of nitriles is 1. The van der Waals surface area contributed by atoms with E-state index >= 15 is 0 Å². The van der Waals surface area contributed by atoms with Gasteiger partial charge in [-0.3, -0.25) is 4.79 Å². The second kappa shape index (κ2) is 5.93. The lowest BCUT2D eigenvalue weighted by molar-refractivity contribution is -0.142. The molecular weight excluding hydrogens is 281 g/mol. The van der Waals surface area contributed by atoms with Crippen LogP contribution in [0.3, 0.4) is 0 Å². The van der Waals surface area contributed by atoms with Gasteiger partial charge in [0.15, 0.2) is 0 Å². The molecule has 0 saturated heterocycles. The summed E-state index contributed by atoms with van der Waals surface area (Å²) >= 11 is 5.75. The first-order valence-electron chi connectivity index (χ1n) is 5.30. The second-order valence-corrected chi connectivity index (χ2v) is 4.36. The van der Waals surface area contributed by atoms with Crippen LogP contribution in [0.5, 0.6) is 0 Å². The molecule has 1 amide bonds. The van der Waals surface area contributed by atoms with Gasteiger partial charge in [-0.2, -0.15) is 18.4 Å². The molecule has 1 rings (SSSR count). The summed E-state index contributed by atoms with van der Waals surface area (Å²) in [5.41, 5.74) is 0.828. The Morgan fingerprint density at radius 2 is 2.11 bits per heavy atom. The number of alkyl halides is 3. The second-order valence-electron chi connectivity index (χ2n) is 3.92. The quantitative estimate of drug-likeness (QED) is 0.920. The van der Waals surface area contributed by atoms with Crippen molar-refractivity contribution in [3.05, 3.63) is 28.3 Å². The number of benzene rings is 1. The molecule has 1 aromatic carbocycles. The fraction of sp³-hybridized carbons (Fsp3) is 0.333. The van der Waals surface area contributed by atoms with Crippen molar-refractivity contribution in [2.75, 3.05) is 5.32 Å². The molecule has 0 aliphatic heterocycles. The van der Waals surface area contributed by atoms with Crippen LogP contribution in [0, 0.1) is 18.3 Å². The lowest BCUT2D eigenvalue weighted by Crippen LogP contribution is -2.17. The molecule has 1 N–H and O–H groups in total. The summed E-state index contributed by atoms with van der Waals surface area (Å²) in [6.07, 6.45) is -6.27. The Hall–Kier alpha value is -1.74. The van der Waals surface area contributed by atoms with Gasteiger partial charge < -0.3 is 5.32 Å². The molecule has 0 atom stereocenters. The number of nitrogens with zero attached hydrogens (tertiary/aromatic N) is 1. The van der Waals surface area contributed by atoms with Crippen LogP contribution in [-0.4, -0.2) is 12.1 Å². The molecule has 0 bridgehead atoms. The van der Waals surface area contributed by atoms with Crippen molar-refractivity contribution in [2.45, 2.75) is 25.9 Å². The number of hydrogen-bond donors (Lipinski definition) is 1. The molecule has 0 unspecified atom stereocenters. The summed E-state index contributed by atoms with van der Waals surface area (Å²) in [7, 11) is 0. The lowest BCUT2D eigenvalue weighted by Gasteiger charge is -2.11. The Balaban J connectivity index is 2.83. The third-order valence-corrected chi connectivity index (χ3v) is 2.54. The molecule has 7 heteroatoms. The molecule has 0 radical (unpaired) electrons. The molecule has 0 saturated carbocycles. The Labute approximate surface area is 113 Å². The van der Waals surface area contributed by atoms with Gasteiger partial charge >= 0.3 is 6.18 Å². The van der Waals surface area contributed by atoms with E-state index in [4.69, 9.17) is 16.9 Å². The summed E-state index contributed by atoms with van der Waals surface area (Å²) < 4.78 is 35.9. The lowest BCUT2D eigenvalue weighted by atomic mass is 10.1. The van der Waals surface area contributed by atoms with Crippen molar-refractivity contribution in [2.24, 2.45) is 0 Å². The van der Waals surface area contributed by atoms with Crippen LogP contribution in [0.4, 0.5) is 18.9 Å². The van der Waals surface area contributed by atoms with E-state index in [-0.39, 0.29) is 11.3 Å². The summed E-state index contributed by atoms with van der Waals surface area (Å²) in [6, 6.07) is 4.69. The molecule has 0 aliphatic rings. The maximum atomic E-state index is 12.0. The van der Waals surface area contributed by atoms with Gasteiger partial charge in [-0.25, -0.2) is 0 Å². The van der Waals surface area contributed by atoms with Crippen LogP contribution in [-0.2, 0) is 4.79 Å². The molecule has 0 heterocycles. The average Bonchev–Trinajstić information content (AvgIpc) is 2.28. The molecule has 19 heavy (non-hydrogen) atoms. The van der Waals surface area contributed by atoms with Crippen LogP contribution in [0.15, 0.2) is 12.1 Å². The fourth-order valence-corrected chi connectivity index (χ4v) is 1.73. The first kappa shape index (κ1) is 15.3. The van der Waals surface area contributed by atoms with Gasteiger partial charge in [0.2, 0.25) is 5.91 Å². The summed E-state index contributed by atoms with van der Waals surface area (Å²) in [4.78, 5) is 11.4. The maximum Gasteiger partial charge on any atom is 0.389 e. The number of hydrogen-bond acceptors (Lipinski definition) is 2. The van der Waals surface area contributed by atoms with E-state index in [2.05, 4.69) is 5.32 Å². The minimum atomic E-state index is -4.38. The molecule has 0 spiro atoms. The average molecular weight is 291 g/mol. The largest absolute Gasteiger partial charge is 0.389 e. The van der Waals surface area contributed by atoms with Gasteiger partial charge in [0.25, 0.3) is 0 Å². The molecule has 1 aromatic rings. The molecule has 102 valence electrons. The van der Waals surface area contributed by atoms with E-state index in [0.29, 0.717) is 10.6 Å². The zero-order valence-electron chi connectivity index (χ0n) is 9.94. The molecule has 0 aliphatic carbocycles. The van der Waals surface area contributed by atoms with Crippen LogP contribution in [0.2, 0.25) is 5.02 Å². The Morgan fingerprint density at radius 3 is 2.63 bits per heavy atom.